The molecule has 0 bridgehead atoms. The summed E-state index contributed by atoms with van der Waals surface area (Å²) in [7, 11) is -3.66. The van der Waals surface area contributed by atoms with E-state index in [-0.39, 0.29) is 18.4 Å². The molecule has 18 heavy (non-hydrogen) atoms. The average Bonchev–Trinajstić information content (AvgIpc) is 2.27. The molecule has 0 fully saturated rings. The van der Waals surface area contributed by atoms with E-state index >= 15 is 0 Å². The quantitative estimate of drug-likeness (QED) is 0.767. The van der Waals surface area contributed by atoms with Crippen LogP contribution < -0.4 is 0 Å². The van der Waals surface area contributed by atoms with Gasteiger partial charge >= 0.3 is 0 Å². The molecule has 0 unspecified atom stereocenters. The molecule has 4 heteroatoms. The molecule has 0 amide bonds. The average molecular weight is 270 g/mol. The second-order valence-electron chi connectivity index (χ2n) is 4.94. The van der Waals surface area contributed by atoms with Crippen LogP contribution in [0.15, 0.2) is 23.1 Å². The van der Waals surface area contributed by atoms with Crippen molar-refractivity contribution in [3.8, 4) is 0 Å². The van der Waals surface area contributed by atoms with Crippen LogP contribution in [0.3, 0.4) is 0 Å². The summed E-state index contributed by atoms with van der Waals surface area (Å²) in [6, 6.07) is 5.64. The van der Waals surface area contributed by atoms with Gasteiger partial charge in [0, 0.05) is 0 Å². The fourth-order valence-electron chi connectivity index (χ4n) is 1.99. The molecular weight excluding hydrogens is 248 g/mol. The summed E-state index contributed by atoms with van der Waals surface area (Å²) in [4.78, 5) is 0.358. The fraction of sp³-hybridized carbons (Fsp3) is 0.571. The van der Waals surface area contributed by atoms with Gasteiger partial charge in [-0.1, -0.05) is 45.9 Å². The van der Waals surface area contributed by atoms with E-state index in [9.17, 15) is 8.42 Å². The van der Waals surface area contributed by atoms with Crippen LogP contribution in [0, 0.1) is 0 Å². The van der Waals surface area contributed by atoms with Gasteiger partial charge in [-0.3, -0.25) is 4.18 Å². The predicted octanol–water partition coefficient (Wildman–Crippen LogP) is 3.66. The van der Waals surface area contributed by atoms with Gasteiger partial charge in [0.1, 0.15) is 4.90 Å². The van der Waals surface area contributed by atoms with E-state index in [1.807, 2.05) is 45.9 Å². The zero-order chi connectivity index (χ0) is 13.9. The van der Waals surface area contributed by atoms with Crippen LogP contribution in [-0.4, -0.2) is 15.0 Å². The van der Waals surface area contributed by atoms with E-state index < -0.39 is 10.1 Å². The van der Waals surface area contributed by atoms with Gasteiger partial charge in [0.2, 0.25) is 0 Å². The zero-order valence-corrected chi connectivity index (χ0v) is 12.5. The van der Waals surface area contributed by atoms with Crippen molar-refractivity contribution in [1.29, 1.82) is 0 Å². The van der Waals surface area contributed by atoms with Crippen molar-refractivity contribution in [3.05, 3.63) is 29.3 Å². The maximum atomic E-state index is 12.3. The van der Waals surface area contributed by atoms with Crippen molar-refractivity contribution in [3.63, 3.8) is 0 Å². The highest BCUT2D eigenvalue weighted by atomic mass is 32.2. The predicted molar refractivity (Wildman–Crippen MR) is 73.4 cm³/mol. The lowest BCUT2D eigenvalue weighted by molar-refractivity contribution is 0.336. The molecule has 0 aliphatic heterocycles. The first-order valence-corrected chi connectivity index (χ1v) is 7.74. The third-order valence-corrected chi connectivity index (χ3v) is 4.36. The molecule has 1 aromatic rings. The molecule has 0 spiro atoms. The lowest BCUT2D eigenvalue weighted by Gasteiger charge is -2.18. The van der Waals surface area contributed by atoms with Crippen molar-refractivity contribution < 1.29 is 12.6 Å². The maximum absolute atomic E-state index is 12.3. The molecular formula is C14H22O3S. The fourth-order valence-corrected chi connectivity index (χ4v) is 3.60. The third-order valence-electron chi connectivity index (χ3n) is 2.84. The summed E-state index contributed by atoms with van der Waals surface area (Å²) in [6.45, 7) is 9.81. The molecule has 0 N–H and O–H groups in total. The van der Waals surface area contributed by atoms with Crippen molar-refractivity contribution in [2.75, 3.05) is 6.61 Å². The first-order chi connectivity index (χ1) is 8.31. The van der Waals surface area contributed by atoms with Gasteiger partial charge in [-0.15, -0.1) is 0 Å². The van der Waals surface area contributed by atoms with Gasteiger partial charge in [0.25, 0.3) is 10.1 Å². The molecule has 0 saturated heterocycles. The van der Waals surface area contributed by atoms with E-state index in [0.717, 1.165) is 11.1 Å². The Hall–Kier alpha value is -0.870. The van der Waals surface area contributed by atoms with Crippen LogP contribution in [0.2, 0.25) is 0 Å². The number of hydrogen-bond donors (Lipinski definition) is 0. The normalized spacial score (nSPS) is 12.4. The molecule has 0 aliphatic rings. The molecule has 0 aromatic heterocycles. The van der Waals surface area contributed by atoms with Crippen LogP contribution in [-0.2, 0) is 14.3 Å². The Balaban J connectivity index is 3.55. The number of rotatable bonds is 5. The van der Waals surface area contributed by atoms with Crippen LogP contribution in [0.4, 0.5) is 0 Å². The standard InChI is InChI=1S/C14H22O3S/c1-6-17-18(15,16)14-12(10(2)3)8-7-9-13(14)11(4)5/h7-11H,6H2,1-5H3. The number of hydrogen-bond acceptors (Lipinski definition) is 3. The first kappa shape index (κ1) is 15.2. The van der Waals surface area contributed by atoms with Gasteiger partial charge in [-0.05, 0) is 29.9 Å². The Bertz CT molecular complexity index is 476. The molecule has 0 aliphatic carbocycles. The van der Waals surface area contributed by atoms with Crippen LogP contribution in [0.5, 0.6) is 0 Å². The van der Waals surface area contributed by atoms with Gasteiger partial charge in [-0.2, -0.15) is 8.42 Å². The summed E-state index contributed by atoms with van der Waals surface area (Å²) < 4.78 is 29.5. The largest absolute Gasteiger partial charge is 0.297 e. The van der Waals surface area contributed by atoms with Gasteiger partial charge in [0.15, 0.2) is 0 Å². The van der Waals surface area contributed by atoms with Crippen molar-refractivity contribution >= 4 is 10.1 Å². The van der Waals surface area contributed by atoms with Gasteiger partial charge < -0.3 is 0 Å². The topological polar surface area (TPSA) is 43.4 Å². The summed E-state index contributed by atoms with van der Waals surface area (Å²) in [5, 5.41) is 0. The minimum Gasteiger partial charge on any atom is -0.267 e. The van der Waals surface area contributed by atoms with E-state index in [4.69, 9.17) is 4.18 Å². The smallest absolute Gasteiger partial charge is 0.267 e. The van der Waals surface area contributed by atoms with E-state index in [2.05, 4.69) is 0 Å². The third kappa shape index (κ3) is 3.12. The SMILES string of the molecule is CCOS(=O)(=O)c1c(C(C)C)cccc1C(C)C. The van der Waals surface area contributed by atoms with Crippen molar-refractivity contribution in [2.24, 2.45) is 0 Å². The van der Waals surface area contributed by atoms with E-state index in [1.165, 1.54) is 0 Å². The molecule has 0 atom stereocenters. The monoisotopic (exact) mass is 270 g/mol. The number of benzene rings is 1. The lowest BCUT2D eigenvalue weighted by atomic mass is 9.95. The Morgan fingerprint density at radius 1 is 1.06 bits per heavy atom. The van der Waals surface area contributed by atoms with Gasteiger partial charge in [0.05, 0.1) is 6.61 Å². The first-order valence-electron chi connectivity index (χ1n) is 6.33. The van der Waals surface area contributed by atoms with Crippen LogP contribution in [0.1, 0.15) is 57.6 Å². The van der Waals surface area contributed by atoms with Crippen LogP contribution >= 0.6 is 0 Å². The second-order valence-corrected chi connectivity index (χ2v) is 6.49. The van der Waals surface area contributed by atoms with Gasteiger partial charge in [-0.25, -0.2) is 0 Å². The molecule has 0 saturated carbocycles. The van der Waals surface area contributed by atoms with Crippen LogP contribution in [0.25, 0.3) is 0 Å². The Morgan fingerprint density at radius 3 is 1.83 bits per heavy atom. The second kappa shape index (κ2) is 5.85. The van der Waals surface area contributed by atoms with Crippen molar-refractivity contribution in [2.45, 2.75) is 51.3 Å². The highest BCUT2D eigenvalue weighted by molar-refractivity contribution is 7.86. The molecule has 0 heterocycles. The minimum absolute atomic E-state index is 0.147. The highest BCUT2D eigenvalue weighted by Crippen LogP contribution is 2.32. The van der Waals surface area contributed by atoms with E-state index in [0.29, 0.717) is 4.90 Å². The Kier molecular flexibility index (Phi) is 4.93. The molecule has 102 valence electrons. The maximum Gasteiger partial charge on any atom is 0.297 e. The Labute approximate surface area is 110 Å². The summed E-state index contributed by atoms with van der Waals surface area (Å²) in [5.41, 5.74) is 1.66. The zero-order valence-electron chi connectivity index (χ0n) is 11.7. The lowest BCUT2D eigenvalue weighted by Crippen LogP contribution is -2.13. The summed E-state index contributed by atoms with van der Waals surface area (Å²) in [5.74, 6) is 0.294. The summed E-state index contributed by atoms with van der Waals surface area (Å²) in [6.07, 6.45) is 0. The summed E-state index contributed by atoms with van der Waals surface area (Å²) >= 11 is 0. The Morgan fingerprint density at radius 2 is 1.50 bits per heavy atom. The molecule has 1 aromatic carbocycles. The molecule has 1 rings (SSSR count). The van der Waals surface area contributed by atoms with E-state index in [1.54, 1.807) is 6.92 Å². The highest BCUT2D eigenvalue weighted by Gasteiger charge is 2.25. The molecule has 3 nitrogen and oxygen atoms in total. The minimum atomic E-state index is -3.66. The molecule has 0 radical (unpaired) electrons. The van der Waals surface area contributed by atoms with Crippen molar-refractivity contribution in [1.82, 2.24) is 0 Å².